The van der Waals surface area contributed by atoms with Gasteiger partial charge in [0.25, 0.3) is 5.91 Å². The smallest absolute Gasteiger partial charge is 0.267 e. The van der Waals surface area contributed by atoms with E-state index in [1.165, 1.54) is 11.5 Å². The highest BCUT2D eigenvalue weighted by Gasteiger charge is 2.32. The van der Waals surface area contributed by atoms with Gasteiger partial charge in [-0.3, -0.25) is 4.79 Å². The lowest BCUT2D eigenvalue weighted by atomic mass is 9.91. The topological polar surface area (TPSA) is 58.1 Å². The molecular weight excluding hydrogens is 260 g/mol. The second kappa shape index (κ2) is 5.54. The van der Waals surface area contributed by atoms with Crippen LogP contribution in [0.25, 0.3) is 0 Å². The molecule has 1 aliphatic heterocycles. The van der Waals surface area contributed by atoms with Gasteiger partial charge in [-0.1, -0.05) is 25.3 Å². The van der Waals surface area contributed by atoms with E-state index in [0.717, 1.165) is 31.7 Å². The molecule has 1 saturated heterocycles. The Morgan fingerprint density at radius 2 is 2.26 bits per heavy atom. The van der Waals surface area contributed by atoms with Crippen LogP contribution in [0.3, 0.4) is 0 Å². The van der Waals surface area contributed by atoms with Gasteiger partial charge in [0.1, 0.15) is 4.88 Å². The summed E-state index contributed by atoms with van der Waals surface area (Å²) in [5.74, 6) is 0.659. The minimum atomic E-state index is -0.137. The molecule has 0 bridgehead atoms. The zero-order chi connectivity index (χ0) is 14.0. The van der Waals surface area contributed by atoms with Crippen LogP contribution in [0, 0.1) is 5.92 Å². The lowest BCUT2D eigenvalue weighted by molar-refractivity contribution is 0.0789. The van der Waals surface area contributed by atoms with Crippen molar-refractivity contribution in [2.75, 3.05) is 26.7 Å². The van der Waals surface area contributed by atoms with E-state index in [2.05, 4.69) is 35.7 Å². The highest BCUT2D eigenvalue weighted by Crippen LogP contribution is 2.28. The maximum Gasteiger partial charge on any atom is 0.267 e. The molecule has 5 nitrogen and oxygen atoms in total. The third kappa shape index (κ3) is 3.12. The van der Waals surface area contributed by atoms with E-state index in [1.54, 1.807) is 0 Å². The van der Waals surface area contributed by atoms with Gasteiger partial charge in [0.2, 0.25) is 0 Å². The second-order valence-corrected chi connectivity index (χ2v) is 6.92. The highest BCUT2D eigenvalue weighted by atomic mass is 32.1. The summed E-state index contributed by atoms with van der Waals surface area (Å²) in [5.41, 5.74) is 0.682. The first-order valence-electron chi connectivity index (χ1n) is 6.70. The van der Waals surface area contributed by atoms with Gasteiger partial charge in [-0.25, -0.2) is 0 Å². The monoisotopic (exact) mass is 282 g/mol. The Morgan fingerprint density at radius 3 is 2.89 bits per heavy atom. The molecule has 6 heteroatoms. The predicted molar refractivity (Wildman–Crippen MR) is 76.5 cm³/mol. The summed E-state index contributed by atoms with van der Waals surface area (Å²) in [6, 6.07) is 0. The average molecular weight is 282 g/mol. The molecule has 0 radical (unpaired) electrons. The van der Waals surface area contributed by atoms with E-state index in [9.17, 15) is 4.79 Å². The number of nitrogens with zero attached hydrogens (tertiary/aromatic N) is 3. The highest BCUT2D eigenvalue weighted by molar-refractivity contribution is 7.08. The fraction of sp³-hybridized carbons (Fsp3) is 0.769. The largest absolute Gasteiger partial charge is 0.338 e. The van der Waals surface area contributed by atoms with Crippen LogP contribution in [0.2, 0.25) is 0 Å². The first-order valence-corrected chi connectivity index (χ1v) is 7.47. The summed E-state index contributed by atoms with van der Waals surface area (Å²) in [6.45, 7) is 8.83. The van der Waals surface area contributed by atoms with Crippen molar-refractivity contribution in [3.63, 3.8) is 0 Å². The summed E-state index contributed by atoms with van der Waals surface area (Å²) < 4.78 is 3.97. The molecule has 1 N–H and O–H groups in total. The van der Waals surface area contributed by atoms with E-state index in [-0.39, 0.29) is 11.3 Å². The quantitative estimate of drug-likeness (QED) is 0.913. The molecule has 106 valence electrons. The Hall–Kier alpha value is -1.01. The molecule has 2 heterocycles. The van der Waals surface area contributed by atoms with E-state index >= 15 is 0 Å². The lowest BCUT2D eigenvalue weighted by Crippen LogP contribution is -2.31. The van der Waals surface area contributed by atoms with Crippen molar-refractivity contribution in [1.82, 2.24) is 19.8 Å². The minimum Gasteiger partial charge on any atom is -0.338 e. The van der Waals surface area contributed by atoms with Crippen molar-refractivity contribution in [2.45, 2.75) is 32.6 Å². The van der Waals surface area contributed by atoms with Gasteiger partial charge in [0, 0.05) is 18.5 Å². The van der Waals surface area contributed by atoms with E-state index in [1.807, 2.05) is 11.9 Å². The first-order chi connectivity index (χ1) is 8.93. The molecule has 1 aromatic rings. The molecule has 1 amide bonds. The number of carbonyl (C=O) groups is 1. The molecule has 19 heavy (non-hydrogen) atoms. The van der Waals surface area contributed by atoms with Crippen LogP contribution in [0.1, 0.15) is 42.6 Å². The van der Waals surface area contributed by atoms with Gasteiger partial charge < -0.3 is 10.2 Å². The number of hydrogen-bond acceptors (Lipinski definition) is 5. The molecule has 0 saturated carbocycles. The maximum absolute atomic E-state index is 12.6. The zero-order valence-electron chi connectivity index (χ0n) is 12.1. The molecule has 1 aliphatic rings. The molecule has 0 aromatic carbocycles. The van der Waals surface area contributed by atoms with Crippen LogP contribution in [-0.2, 0) is 5.41 Å². The van der Waals surface area contributed by atoms with Gasteiger partial charge in [0.05, 0.1) is 5.69 Å². The SMILES string of the molecule is CNCC1CCN(C(=O)c2snnc2C(C)(C)C)C1. The predicted octanol–water partition coefficient (Wildman–Crippen LogP) is 1.52. The van der Waals surface area contributed by atoms with Gasteiger partial charge >= 0.3 is 0 Å². The van der Waals surface area contributed by atoms with Crippen molar-refractivity contribution >= 4 is 17.4 Å². The Bertz CT molecular complexity index is 452. The third-order valence-corrected chi connectivity index (χ3v) is 4.17. The Balaban J connectivity index is 2.11. The number of hydrogen-bond donors (Lipinski definition) is 1. The van der Waals surface area contributed by atoms with E-state index in [0.29, 0.717) is 10.8 Å². The summed E-state index contributed by atoms with van der Waals surface area (Å²) in [4.78, 5) is 15.2. The molecule has 2 rings (SSSR count). The van der Waals surface area contributed by atoms with Crippen LogP contribution in [-0.4, -0.2) is 47.1 Å². The number of amides is 1. The maximum atomic E-state index is 12.6. The van der Waals surface area contributed by atoms with Crippen molar-refractivity contribution in [1.29, 1.82) is 0 Å². The van der Waals surface area contributed by atoms with Gasteiger partial charge in [-0.15, -0.1) is 5.10 Å². The number of rotatable bonds is 3. The van der Waals surface area contributed by atoms with Crippen LogP contribution in [0.4, 0.5) is 0 Å². The third-order valence-electron chi connectivity index (χ3n) is 3.46. The minimum absolute atomic E-state index is 0.0959. The molecule has 1 unspecified atom stereocenters. The number of carbonyl (C=O) groups excluding carboxylic acids is 1. The Labute approximate surface area is 118 Å². The van der Waals surface area contributed by atoms with E-state index < -0.39 is 0 Å². The van der Waals surface area contributed by atoms with Crippen molar-refractivity contribution < 1.29 is 4.79 Å². The Kier molecular flexibility index (Phi) is 4.20. The van der Waals surface area contributed by atoms with Crippen LogP contribution in [0.15, 0.2) is 0 Å². The fourth-order valence-corrected chi connectivity index (χ4v) is 3.28. The first kappa shape index (κ1) is 14.4. The summed E-state index contributed by atoms with van der Waals surface area (Å²) in [6.07, 6.45) is 1.07. The molecule has 1 aromatic heterocycles. The number of nitrogens with one attached hydrogen (secondary N) is 1. The number of likely N-dealkylation sites (tertiary alicyclic amines) is 1. The Morgan fingerprint density at radius 1 is 1.53 bits per heavy atom. The summed E-state index contributed by atoms with van der Waals surface area (Å²) in [7, 11) is 1.95. The number of aromatic nitrogens is 2. The van der Waals surface area contributed by atoms with Gasteiger partial charge in [-0.2, -0.15) is 0 Å². The molecular formula is C13H22N4OS. The van der Waals surface area contributed by atoms with Gasteiger partial charge in [0.15, 0.2) is 0 Å². The van der Waals surface area contributed by atoms with Crippen LogP contribution < -0.4 is 5.32 Å². The summed E-state index contributed by atoms with van der Waals surface area (Å²) >= 11 is 1.22. The van der Waals surface area contributed by atoms with Crippen molar-refractivity contribution in [3.8, 4) is 0 Å². The average Bonchev–Trinajstić information content (AvgIpc) is 2.95. The molecule has 1 atom stereocenters. The molecule has 0 spiro atoms. The zero-order valence-corrected chi connectivity index (χ0v) is 12.9. The fourth-order valence-electron chi connectivity index (χ4n) is 2.44. The standard InChI is InChI=1S/C13H22N4OS/c1-13(2,3)11-10(19-16-15-11)12(18)17-6-5-9(8-17)7-14-4/h9,14H,5-8H2,1-4H3. The van der Waals surface area contributed by atoms with E-state index in [4.69, 9.17) is 0 Å². The van der Waals surface area contributed by atoms with Crippen molar-refractivity contribution in [3.05, 3.63) is 10.6 Å². The summed E-state index contributed by atoms with van der Waals surface area (Å²) in [5, 5.41) is 7.32. The lowest BCUT2D eigenvalue weighted by Gasteiger charge is -2.20. The second-order valence-electron chi connectivity index (χ2n) is 6.16. The molecule has 0 aliphatic carbocycles. The van der Waals surface area contributed by atoms with Crippen LogP contribution in [0.5, 0.6) is 0 Å². The van der Waals surface area contributed by atoms with Crippen LogP contribution >= 0.6 is 11.5 Å². The molecule has 1 fully saturated rings. The normalized spacial score (nSPS) is 20.0. The van der Waals surface area contributed by atoms with Crippen molar-refractivity contribution in [2.24, 2.45) is 5.92 Å². The van der Waals surface area contributed by atoms with Gasteiger partial charge in [-0.05, 0) is 37.5 Å².